The summed E-state index contributed by atoms with van der Waals surface area (Å²) < 4.78 is 11.3. The molecule has 2 aromatic carbocycles. The van der Waals surface area contributed by atoms with Crippen LogP contribution in [-0.2, 0) is 11.3 Å². The Hall–Kier alpha value is -2.73. The maximum atomic E-state index is 12.5. The molecular formula is C21H26N2O4. The smallest absolute Gasteiger partial charge is 0.238 e. The Kier molecular flexibility index (Phi) is 6.54. The lowest BCUT2D eigenvalue weighted by atomic mass is 10.2. The predicted octanol–water partition coefficient (Wildman–Crippen LogP) is 3.40. The van der Waals surface area contributed by atoms with Gasteiger partial charge in [0.2, 0.25) is 5.91 Å². The molecule has 0 spiro atoms. The van der Waals surface area contributed by atoms with Gasteiger partial charge in [-0.25, -0.2) is 0 Å². The van der Waals surface area contributed by atoms with Crippen molar-refractivity contribution in [3.8, 4) is 17.2 Å². The van der Waals surface area contributed by atoms with Crippen molar-refractivity contribution in [2.24, 2.45) is 0 Å². The van der Waals surface area contributed by atoms with Crippen molar-refractivity contribution in [2.75, 3.05) is 31.6 Å². The number of para-hydroxylation sites is 1. The van der Waals surface area contributed by atoms with Crippen LogP contribution in [0.2, 0.25) is 0 Å². The number of carbonyl (C=O) groups is 1. The van der Waals surface area contributed by atoms with Gasteiger partial charge in [-0.3, -0.25) is 9.69 Å². The van der Waals surface area contributed by atoms with Crippen molar-refractivity contribution in [1.29, 1.82) is 0 Å². The number of rotatable bonds is 7. The van der Waals surface area contributed by atoms with Gasteiger partial charge in [-0.05, 0) is 31.2 Å². The highest BCUT2D eigenvalue weighted by Gasteiger charge is 2.15. The first-order chi connectivity index (χ1) is 13.2. The third-order valence-corrected chi connectivity index (χ3v) is 4.32. The molecule has 1 aliphatic heterocycles. The number of amides is 1. The molecular weight excluding hydrogens is 344 g/mol. The van der Waals surface area contributed by atoms with Gasteiger partial charge in [0.25, 0.3) is 0 Å². The van der Waals surface area contributed by atoms with E-state index >= 15 is 0 Å². The third-order valence-electron chi connectivity index (χ3n) is 4.32. The second-order valence-corrected chi connectivity index (χ2v) is 6.60. The van der Waals surface area contributed by atoms with Gasteiger partial charge in [-0.1, -0.05) is 25.1 Å². The van der Waals surface area contributed by atoms with Crippen LogP contribution in [-0.4, -0.2) is 42.2 Å². The van der Waals surface area contributed by atoms with E-state index in [1.807, 2.05) is 29.2 Å². The Labute approximate surface area is 159 Å². The molecule has 2 aromatic rings. The molecule has 1 heterocycles. The Morgan fingerprint density at radius 1 is 1.15 bits per heavy atom. The van der Waals surface area contributed by atoms with Gasteiger partial charge >= 0.3 is 0 Å². The fourth-order valence-electron chi connectivity index (χ4n) is 3.06. The van der Waals surface area contributed by atoms with Crippen LogP contribution in [0.3, 0.4) is 0 Å². The predicted molar refractivity (Wildman–Crippen MR) is 104 cm³/mol. The maximum Gasteiger partial charge on any atom is 0.238 e. The number of benzene rings is 2. The van der Waals surface area contributed by atoms with E-state index in [1.165, 1.54) is 0 Å². The summed E-state index contributed by atoms with van der Waals surface area (Å²) in [5.41, 5.74) is 1.50. The molecule has 0 saturated carbocycles. The summed E-state index contributed by atoms with van der Waals surface area (Å²) in [7, 11) is 0. The number of nitrogens with zero attached hydrogens (tertiary/aromatic N) is 1. The SMILES string of the molecule is CCCN(CC(=O)Nc1ccc2c(c1)OCCCO2)Cc1ccccc1O. The normalized spacial score (nSPS) is 13.3. The summed E-state index contributed by atoms with van der Waals surface area (Å²) in [4.78, 5) is 14.5. The van der Waals surface area contributed by atoms with Gasteiger partial charge in [0.15, 0.2) is 11.5 Å². The van der Waals surface area contributed by atoms with Crippen LogP contribution in [0.15, 0.2) is 42.5 Å². The zero-order valence-electron chi connectivity index (χ0n) is 15.6. The molecule has 0 atom stereocenters. The Morgan fingerprint density at radius 3 is 2.70 bits per heavy atom. The lowest BCUT2D eigenvalue weighted by Gasteiger charge is -2.21. The number of ether oxygens (including phenoxy) is 2. The molecule has 1 aliphatic rings. The summed E-state index contributed by atoms with van der Waals surface area (Å²) in [6.45, 7) is 4.85. The molecule has 2 N–H and O–H groups in total. The van der Waals surface area contributed by atoms with Gasteiger partial charge in [-0.2, -0.15) is 0 Å². The first-order valence-electron chi connectivity index (χ1n) is 9.34. The van der Waals surface area contributed by atoms with E-state index in [1.54, 1.807) is 18.2 Å². The fourth-order valence-corrected chi connectivity index (χ4v) is 3.06. The quantitative estimate of drug-likeness (QED) is 0.782. The van der Waals surface area contributed by atoms with Crippen LogP contribution in [0.4, 0.5) is 5.69 Å². The largest absolute Gasteiger partial charge is 0.508 e. The van der Waals surface area contributed by atoms with Gasteiger partial charge in [-0.15, -0.1) is 0 Å². The molecule has 0 unspecified atom stereocenters. The first-order valence-corrected chi connectivity index (χ1v) is 9.34. The molecule has 0 fully saturated rings. The van der Waals surface area contributed by atoms with E-state index in [0.717, 1.165) is 24.9 Å². The van der Waals surface area contributed by atoms with Gasteiger partial charge in [0.1, 0.15) is 5.75 Å². The van der Waals surface area contributed by atoms with Gasteiger partial charge in [0, 0.05) is 30.3 Å². The number of anilines is 1. The minimum Gasteiger partial charge on any atom is -0.508 e. The highest BCUT2D eigenvalue weighted by molar-refractivity contribution is 5.92. The van der Waals surface area contributed by atoms with Crippen molar-refractivity contribution in [3.63, 3.8) is 0 Å². The summed E-state index contributed by atoms with van der Waals surface area (Å²) in [5, 5.41) is 12.9. The molecule has 0 bridgehead atoms. The lowest BCUT2D eigenvalue weighted by Crippen LogP contribution is -2.33. The van der Waals surface area contributed by atoms with Crippen molar-refractivity contribution >= 4 is 11.6 Å². The number of aromatic hydroxyl groups is 1. The Bertz CT molecular complexity index is 779. The second kappa shape index (κ2) is 9.28. The van der Waals surface area contributed by atoms with E-state index in [2.05, 4.69) is 12.2 Å². The van der Waals surface area contributed by atoms with Crippen molar-refractivity contribution in [1.82, 2.24) is 4.90 Å². The highest BCUT2D eigenvalue weighted by atomic mass is 16.5. The minimum atomic E-state index is -0.103. The number of fused-ring (bicyclic) bond motifs is 1. The first kappa shape index (κ1) is 19.0. The molecule has 27 heavy (non-hydrogen) atoms. The number of hydrogen-bond donors (Lipinski definition) is 2. The van der Waals surface area contributed by atoms with Crippen LogP contribution < -0.4 is 14.8 Å². The van der Waals surface area contributed by atoms with Gasteiger partial charge < -0.3 is 19.9 Å². The molecule has 6 heteroatoms. The average molecular weight is 370 g/mol. The van der Waals surface area contributed by atoms with Crippen LogP contribution >= 0.6 is 0 Å². The minimum absolute atomic E-state index is 0.103. The van der Waals surface area contributed by atoms with Crippen molar-refractivity contribution in [2.45, 2.75) is 26.3 Å². The molecule has 3 rings (SSSR count). The molecule has 0 saturated heterocycles. The zero-order valence-corrected chi connectivity index (χ0v) is 15.6. The molecule has 0 radical (unpaired) electrons. The van der Waals surface area contributed by atoms with Crippen LogP contribution in [0.5, 0.6) is 17.2 Å². The van der Waals surface area contributed by atoms with E-state index in [9.17, 15) is 9.90 Å². The summed E-state index contributed by atoms with van der Waals surface area (Å²) in [5.74, 6) is 1.51. The van der Waals surface area contributed by atoms with Crippen LogP contribution in [0.1, 0.15) is 25.3 Å². The summed E-state index contributed by atoms with van der Waals surface area (Å²) in [6.07, 6.45) is 1.76. The standard InChI is InChI=1S/C21H26N2O4/c1-2-10-23(14-16-6-3-4-7-18(16)24)15-21(25)22-17-8-9-19-20(13-17)27-12-5-11-26-19/h3-4,6-9,13,24H,2,5,10-12,14-15H2,1H3,(H,22,25). The van der Waals surface area contributed by atoms with Crippen LogP contribution in [0.25, 0.3) is 0 Å². The Balaban J connectivity index is 1.62. The van der Waals surface area contributed by atoms with E-state index < -0.39 is 0 Å². The number of phenols is 1. The summed E-state index contributed by atoms with van der Waals surface area (Å²) >= 11 is 0. The van der Waals surface area contributed by atoms with E-state index in [0.29, 0.717) is 36.9 Å². The monoisotopic (exact) mass is 370 g/mol. The fraction of sp³-hybridized carbons (Fsp3) is 0.381. The average Bonchev–Trinajstić information content (AvgIpc) is 2.88. The number of carbonyl (C=O) groups excluding carboxylic acids is 1. The number of hydrogen-bond acceptors (Lipinski definition) is 5. The molecule has 6 nitrogen and oxygen atoms in total. The highest BCUT2D eigenvalue weighted by Crippen LogP contribution is 2.32. The zero-order chi connectivity index (χ0) is 19.1. The van der Waals surface area contributed by atoms with Crippen molar-refractivity contribution in [3.05, 3.63) is 48.0 Å². The number of phenolic OH excluding ortho intramolecular Hbond substituents is 1. The van der Waals surface area contributed by atoms with Gasteiger partial charge in [0.05, 0.1) is 19.8 Å². The lowest BCUT2D eigenvalue weighted by molar-refractivity contribution is -0.117. The van der Waals surface area contributed by atoms with E-state index in [4.69, 9.17) is 9.47 Å². The van der Waals surface area contributed by atoms with Crippen molar-refractivity contribution < 1.29 is 19.4 Å². The topological polar surface area (TPSA) is 71.0 Å². The summed E-state index contributed by atoms with van der Waals surface area (Å²) in [6, 6.07) is 12.7. The second-order valence-electron chi connectivity index (χ2n) is 6.60. The Morgan fingerprint density at radius 2 is 1.93 bits per heavy atom. The third kappa shape index (κ3) is 5.37. The molecule has 0 aliphatic carbocycles. The number of nitrogens with one attached hydrogen (secondary N) is 1. The maximum absolute atomic E-state index is 12.5. The molecule has 144 valence electrons. The van der Waals surface area contributed by atoms with E-state index in [-0.39, 0.29) is 18.2 Å². The molecule has 1 amide bonds. The van der Waals surface area contributed by atoms with Crippen LogP contribution in [0, 0.1) is 0 Å². The molecule has 0 aromatic heterocycles.